The largest absolute Gasteiger partial charge is 0.490 e. The van der Waals surface area contributed by atoms with Crippen molar-refractivity contribution in [2.75, 3.05) is 12.0 Å². The predicted octanol–water partition coefficient (Wildman–Crippen LogP) is 3.16. The van der Waals surface area contributed by atoms with Crippen LogP contribution in [0, 0.1) is 0 Å². The van der Waals surface area contributed by atoms with Crippen LogP contribution >= 0.6 is 11.8 Å². The maximum absolute atomic E-state index is 11.7. The minimum absolute atomic E-state index is 0.215. The molecule has 0 saturated heterocycles. The standard InChI is InChI=1S/C13H16O2S/c1-16-9-8-13(14)10-2-4-11(5-3-10)15-12-6-7-12/h2-5,12H,6-9H2,1H3. The first-order valence-electron chi connectivity index (χ1n) is 5.58. The summed E-state index contributed by atoms with van der Waals surface area (Å²) < 4.78 is 5.63. The molecular formula is C13H16O2S. The monoisotopic (exact) mass is 236 g/mol. The van der Waals surface area contributed by atoms with Gasteiger partial charge in [0, 0.05) is 17.7 Å². The lowest BCUT2D eigenvalue weighted by Crippen LogP contribution is -2.01. The van der Waals surface area contributed by atoms with Gasteiger partial charge in [-0.3, -0.25) is 4.79 Å². The molecule has 1 aliphatic carbocycles. The Morgan fingerprint density at radius 3 is 2.62 bits per heavy atom. The number of hydrogen-bond donors (Lipinski definition) is 0. The van der Waals surface area contributed by atoms with Gasteiger partial charge in [0.2, 0.25) is 0 Å². The number of rotatable bonds is 6. The van der Waals surface area contributed by atoms with Crippen LogP contribution in [-0.4, -0.2) is 23.9 Å². The van der Waals surface area contributed by atoms with E-state index in [9.17, 15) is 4.79 Å². The van der Waals surface area contributed by atoms with E-state index in [0.717, 1.165) is 29.9 Å². The fraction of sp³-hybridized carbons (Fsp3) is 0.462. The molecule has 0 unspecified atom stereocenters. The zero-order valence-electron chi connectivity index (χ0n) is 9.44. The maximum atomic E-state index is 11.7. The summed E-state index contributed by atoms with van der Waals surface area (Å²) in [6.45, 7) is 0. The van der Waals surface area contributed by atoms with Gasteiger partial charge in [-0.05, 0) is 43.4 Å². The summed E-state index contributed by atoms with van der Waals surface area (Å²) in [5.74, 6) is 1.98. The average Bonchev–Trinajstić information content (AvgIpc) is 3.11. The van der Waals surface area contributed by atoms with Crippen LogP contribution in [0.4, 0.5) is 0 Å². The first-order chi connectivity index (χ1) is 7.79. The van der Waals surface area contributed by atoms with Crippen LogP contribution in [0.25, 0.3) is 0 Å². The van der Waals surface area contributed by atoms with Crippen molar-refractivity contribution < 1.29 is 9.53 Å². The number of hydrogen-bond acceptors (Lipinski definition) is 3. The minimum Gasteiger partial charge on any atom is -0.490 e. The van der Waals surface area contributed by atoms with Crippen LogP contribution in [0.5, 0.6) is 5.75 Å². The second kappa shape index (κ2) is 5.39. The van der Waals surface area contributed by atoms with Crippen LogP contribution in [-0.2, 0) is 0 Å². The highest BCUT2D eigenvalue weighted by Gasteiger charge is 2.23. The molecule has 0 N–H and O–H groups in total. The molecule has 0 aromatic heterocycles. The molecule has 2 nitrogen and oxygen atoms in total. The molecule has 0 bridgehead atoms. The van der Waals surface area contributed by atoms with E-state index in [-0.39, 0.29) is 5.78 Å². The molecule has 2 rings (SSSR count). The third kappa shape index (κ3) is 3.27. The molecule has 0 amide bonds. The lowest BCUT2D eigenvalue weighted by atomic mass is 10.1. The highest BCUT2D eigenvalue weighted by molar-refractivity contribution is 7.98. The van der Waals surface area contributed by atoms with Gasteiger partial charge < -0.3 is 4.74 Å². The van der Waals surface area contributed by atoms with E-state index < -0.39 is 0 Å². The van der Waals surface area contributed by atoms with Gasteiger partial charge >= 0.3 is 0 Å². The van der Waals surface area contributed by atoms with Crippen molar-refractivity contribution in [2.45, 2.75) is 25.4 Å². The van der Waals surface area contributed by atoms with Crippen LogP contribution < -0.4 is 4.74 Å². The predicted molar refractivity (Wildman–Crippen MR) is 67.4 cm³/mol. The normalized spacial score (nSPS) is 14.8. The van der Waals surface area contributed by atoms with Crippen molar-refractivity contribution in [3.63, 3.8) is 0 Å². The second-order valence-corrected chi connectivity index (χ2v) is 4.99. The highest BCUT2D eigenvalue weighted by atomic mass is 32.2. The third-order valence-electron chi connectivity index (χ3n) is 2.54. The van der Waals surface area contributed by atoms with E-state index in [1.165, 1.54) is 0 Å². The molecule has 0 radical (unpaired) electrons. The molecule has 1 fully saturated rings. The van der Waals surface area contributed by atoms with Crippen LogP contribution in [0.1, 0.15) is 29.6 Å². The summed E-state index contributed by atoms with van der Waals surface area (Å²) in [4.78, 5) is 11.7. The number of ether oxygens (including phenoxy) is 1. The number of carbonyl (C=O) groups is 1. The first kappa shape index (κ1) is 11.5. The zero-order valence-corrected chi connectivity index (χ0v) is 10.3. The smallest absolute Gasteiger partial charge is 0.163 e. The molecular weight excluding hydrogens is 220 g/mol. The SMILES string of the molecule is CSCCC(=O)c1ccc(OC2CC2)cc1. The Labute approximate surface area is 100 Å². The van der Waals surface area contributed by atoms with Crippen LogP contribution in [0.2, 0.25) is 0 Å². The maximum Gasteiger partial charge on any atom is 0.163 e. The fourth-order valence-corrected chi connectivity index (χ4v) is 1.83. The number of Topliss-reactive ketones (excluding diaryl/α,β-unsaturated/α-hetero) is 1. The molecule has 1 aliphatic rings. The topological polar surface area (TPSA) is 26.3 Å². The zero-order chi connectivity index (χ0) is 11.4. The van der Waals surface area contributed by atoms with Crippen LogP contribution in [0.15, 0.2) is 24.3 Å². The summed E-state index contributed by atoms with van der Waals surface area (Å²) >= 11 is 1.70. The fourth-order valence-electron chi connectivity index (χ4n) is 1.44. The summed E-state index contributed by atoms with van der Waals surface area (Å²) in [7, 11) is 0. The number of ketones is 1. The van der Waals surface area contributed by atoms with E-state index in [1.807, 2.05) is 30.5 Å². The van der Waals surface area contributed by atoms with Crippen molar-refractivity contribution >= 4 is 17.5 Å². The molecule has 0 heterocycles. The Morgan fingerprint density at radius 1 is 1.38 bits per heavy atom. The Morgan fingerprint density at radius 2 is 2.06 bits per heavy atom. The van der Waals surface area contributed by atoms with E-state index in [4.69, 9.17) is 4.74 Å². The van der Waals surface area contributed by atoms with Gasteiger partial charge in [0.1, 0.15) is 5.75 Å². The molecule has 3 heteroatoms. The van der Waals surface area contributed by atoms with Gasteiger partial charge in [0.15, 0.2) is 5.78 Å². The second-order valence-electron chi connectivity index (χ2n) is 4.01. The number of benzene rings is 1. The Balaban J connectivity index is 1.92. The minimum atomic E-state index is 0.215. The van der Waals surface area contributed by atoms with Gasteiger partial charge in [-0.1, -0.05) is 0 Å². The Kier molecular flexibility index (Phi) is 3.88. The van der Waals surface area contributed by atoms with Gasteiger partial charge in [0.05, 0.1) is 6.10 Å². The summed E-state index contributed by atoms with van der Waals surface area (Å²) in [6.07, 6.45) is 5.37. The molecule has 86 valence electrons. The van der Waals surface area contributed by atoms with Gasteiger partial charge in [-0.2, -0.15) is 11.8 Å². The molecule has 1 aromatic rings. The highest BCUT2D eigenvalue weighted by Crippen LogP contribution is 2.26. The molecule has 0 atom stereocenters. The van der Waals surface area contributed by atoms with E-state index in [0.29, 0.717) is 12.5 Å². The van der Waals surface area contributed by atoms with Crippen molar-refractivity contribution in [1.82, 2.24) is 0 Å². The van der Waals surface area contributed by atoms with Crippen molar-refractivity contribution in [3.8, 4) is 5.75 Å². The van der Waals surface area contributed by atoms with E-state index in [2.05, 4.69) is 0 Å². The molecule has 0 spiro atoms. The molecule has 16 heavy (non-hydrogen) atoms. The average molecular weight is 236 g/mol. The number of thioether (sulfide) groups is 1. The quantitative estimate of drug-likeness (QED) is 0.710. The van der Waals surface area contributed by atoms with Crippen molar-refractivity contribution in [3.05, 3.63) is 29.8 Å². The van der Waals surface area contributed by atoms with Gasteiger partial charge in [0.25, 0.3) is 0 Å². The van der Waals surface area contributed by atoms with Gasteiger partial charge in [-0.15, -0.1) is 0 Å². The summed E-state index contributed by atoms with van der Waals surface area (Å²) in [5.41, 5.74) is 0.789. The van der Waals surface area contributed by atoms with Crippen molar-refractivity contribution in [1.29, 1.82) is 0 Å². The molecule has 0 aliphatic heterocycles. The molecule has 1 aromatic carbocycles. The van der Waals surface area contributed by atoms with E-state index >= 15 is 0 Å². The first-order valence-corrected chi connectivity index (χ1v) is 6.98. The number of carbonyl (C=O) groups excluding carboxylic acids is 1. The van der Waals surface area contributed by atoms with Crippen LogP contribution in [0.3, 0.4) is 0 Å². The van der Waals surface area contributed by atoms with Gasteiger partial charge in [-0.25, -0.2) is 0 Å². The van der Waals surface area contributed by atoms with E-state index in [1.54, 1.807) is 11.8 Å². The summed E-state index contributed by atoms with van der Waals surface area (Å²) in [5, 5.41) is 0. The Hall–Kier alpha value is -0.960. The third-order valence-corrected chi connectivity index (χ3v) is 3.15. The summed E-state index contributed by atoms with van der Waals surface area (Å²) in [6, 6.07) is 7.51. The molecule has 1 saturated carbocycles. The van der Waals surface area contributed by atoms with Crippen molar-refractivity contribution in [2.24, 2.45) is 0 Å². The lowest BCUT2D eigenvalue weighted by Gasteiger charge is -2.05. The lowest BCUT2D eigenvalue weighted by molar-refractivity contribution is 0.0989. The Bertz CT molecular complexity index is 355.